The molecular formula is C29H38N2O2. The number of rotatable bonds is 4. The topological polar surface area (TPSA) is 63.4 Å². The number of hydrogen-bond acceptors (Lipinski definition) is 2. The van der Waals surface area contributed by atoms with E-state index in [1.54, 1.807) is 0 Å². The van der Waals surface area contributed by atoms with Gasteiger partial charge in [-0.25, -0.2) is 0 Å². The van der Waals surface area contributed by atoms with Crippen LogP contribution in [0.1, 0.15) is 75.2 Å². The van der Waals surface area contributed by atoms with Crippen LogP contribution in [-0.2, 0) is 4.79 Å². The Bertz CT molecular complexity index is 995. The van der Waals surface area contributed by atoms with Gasteiger partial charge in [-0.3, -0.25) is 9.59 Å². The van der Waals surface area contributed by atoms with Crippen molar-refractivity contribution < 1.29 is 9.59 Å². The third-order valence-corrected chi connectivity index (χ3v) is 10.1. The van der Waals surface area contributed by atoms with E-state index < -0.39 is 0 Å². The van der Waals surface area contributed by atoms with Gasteiger partial charge in [-0.1, -0.05) is 44.2 Å². The number of hydrogen-bond donors (Lipinski definition) is 1. The second-order valence-electron chi connectivity index (χ2n) is 11.4. The van der Waals surface area contributed by atoms with E-state index in [0.29, 0.717) is 28.9 Å². The molecule has 4 aliphatic rings. The fourth-order valence-electron chi connectivity index (χ4n) is 8.32. The molecule has 3 saturated carbocycles. The molecule has 5 rings (SSSR count). The zero-order valence-electron chi connectivity index (χ0n) is 20.3. The highest BCUT2D eigenvalue weighted by atomic mass is 16.2. The highest BCUT2D eigenvalue weighted by Crippen LogP contribution is 2.65. The van der Waals surface area contributed by atoms with Crippen molar-refractivity contribution in [1.82, 2.24) is 4.90 Å². The number of fused-ring (bicyclic) bond motifs is 5. The lowest BCUT2D eigenvalue weighted by atomic mass is 9.47. The molecular weight excluding hydrogens is 408 g/mol. The molecule has 0 spiro atoms. The van der Waals surface area contributed by atoms with Gasteiger partial charge >= 0.3 is 0 Å². The molecule has 7 atom stereocenters. The van der Waals surface area contributed by atoms with E-state index in [1.807, 2.05) is 30.3 Å². The van der Waals surface area contributed by atoms with Gasteiger partial charge in [-0.05, 0) is 98.3 Å². The van der Waals surface area contributed by atoms with Gasteiger partial charge in [0.05, 0.1) is 0 Å². The van der Waals surface area contributed by atoms with E-state index in [1.165, 1.54) is 32.1 Å². The Morgan fingerprint density at radius 1 is 1.09 bits per heavy atom. The van der Waals surface area contributed by atoms with Crippen LogP contribution in [0, 0.1) is 34.5 Å². The Morgan fingerprint density at radius 2 is 1.85 bits per heavy atom. The molecule has 4 heteroatoms. The summed E-state index contributed by atoms with van der Waals surface area (Å²) in [5.74, 6) is 2.62. The lowest BCUT2D eigenvalue weighted by Gasteiger charge is -2.60. The van der Waals surface area contributed by atoms with E-state index in [0.717, 1.165) is 30.4 Å². The smallest absolute Gasteiger partial charge is 0.248 e. The summed E-state index contributed by atoms with van der Waals surface area (Å²) in [7, 11) is 0. The van der Waals surface area contributed by atoms with Crippen molar-refractivity contribution in [3.8, 4) is 0 Å². The van der Waals surface area contributed by atoms with E-state index >= 15 is 0 Å². The molecule has 33 heavy (non-hydrogen) atoms. The second-order valence-corrected chi connectivity index (χ2v) is 11.4. The number of allylic oxidation sites excluding steroid dienone is 1. The van der Waals surface area contributed by atoms with Crippen LogP contribution in [0.4, 0.5) is 0 Å². The van der Waals surface area contributed by atoms with Crippen molar-refractivity contribution in [3.05, 3.63) is 53.6 Å². The average molecular weight is 447 g/mol. The maximum absolute atomic E-state index is 12.5. The lowest BCUT2D eigenvalue weighted by Crippen LogP contribution is -2.60. The summed E-state index contributed by atoms with van der Waals surface area (Å²) in [4.78, 5) is 26.0. The molecule has 1 unspecified atom stereocenters. The minimum atomic E-state index is -0.379. The lowest BCUT2D eigenvalue weighted by molar-refractivity contribution is -0.140. The van der Waals surface area contributed by atoms with E-state index in [2.05, 4.69) is 43.9 Å². The fraction of sp³-hybridized carbons (Fsp3) is 0.586. The normalized spacial score (nSPS) is 39.9. The standard InChI is InChI=1S/C29H38N2O2/c1-4-31-25-14-12-22-23-13-11-21(10-7-19-5-8-20(9-6-19)27(30)33)28(23,2)17-15-24(22)29(25,3)18-16-26(31)32/h5-10,16,18,21-25H,4,11-15,17H2,1-3H3,(H2,30,33)/t21-,22-,23-,24-,25?,28+,29+/m0/s1. The number of primary amides is 1. The Balaban J connectivity index is 1.35. The molecule has 1 aromatic rings. The number of carbonyl (C=O) groups is 2. The van der Waals surface area contributed by atoms with Crippen LogP contribution in [0.3, 0.4) is 0 Å². The van der Waals surface area contributed by atoms with Gasteiger partial charge in [0, 0.05) is 23.6 Å². The highest BCUT2D eigenvalue weighted by molar-refractivity contribution is 5.92. The molecule has 1 aliphatic heterocycles. The predicted molar refractivity (Wildman–Crippen MR) is 132 cm³/mol. The van der Waals surface area contributed by atoms with Crippen molar-refractivity contribution in [2.45, 2.75) is 65.3 Å². The molecule has 0 saturated heterocycles. The van der Waals surface area contributed by atoms with Crippen molar-refractivity contribution >= 4 is 17.9 Å². The van der Waals surface area contributed by atoms with Crippen LogP contribution >= 0.6 is 0 Å². The monoisotopic (exact) mass is 446 g/mol. The first-order valence-electron chi connectivity index (χ1n) is 12.9. The van der Waals surface area contributed by atoms with Gasteiger partial charge in [0.2, 0.25) is 11.8 Å². The van der Waals surface area contributed by atoms with Crippen LogP contribution < -0.4 is 5.73 Å². The molecule has 1 aromatic carbocycles. The fourth-order valence-corrected chi connectivity index (χ4v) is 8.32. The summed E-state index contributed by atoms with van der Waals surface area (Å²) < 4.78 is 0. The van der Waals surface area contributed by atoms with Gasteiger partial charge in [-0.15, -0.1) is 0 Å². The highest BCUT2D eigenvalue weighted by Gasteiger charge is 2.60. The Kier molecular flexibility index (Phi) is 5.54. The van der Waals surface area contributed by atoms with Crippen LogP contribution in [0.2, 0.25) is 0 Å². The summed E-state index contributed by atoms with van der Waals surface area (Å²) in [6.45, 7) is 7.91. The van der Waals surface area contributed by atoms with Crippen molar-refractivity contribution in [1.29, 1.82) is 0 Å². The van der Waals surface area contributed by atoms with Crippen LogP contribution in [0.15, 0.2) is 42.5 Å². The first kappa shape index (κ1) is 22.4. The second kappa shape index (κ2) is 8.14. The van der Waals surface area contributed by atoms with E-state index in [4.69, 9.17) is 5.73 Å². The maximum atomic E-state index is 12.5. The Hall–Kier alpha value is -2.36. The minimum Gasteiger partial charge on any atom is -0.366 e. The summed E-state index contributed by atoms with van der Waals surface area (Å²) >= 11 is 0. The summed E-state index contributed by atoms with van der Waals surface area (Å²) in [6, 6.07) is 7.97. The molecule has 0 radical (unpaired) electrons. The number of carbonyl (C=O) groups excluding carboxylic acids is 2. The molecule has 1 heterocycles. The SMILES string of the molecule is CCN1C(=O)C=C[C@@]2(C)C1CC[C@H]1[C@@H]3CC[C@H](C=Cc4ccc(C(N)=O)cc4)[C@@]3(C)CC[C@@H]12. The van der Waals surface area contributed by atoms with Gasteiger partial charge in [0.25, 0.3) is 0 Å². The van der Waals surface area contributed by atoms with E-state index in [-0.39, 0.29) is 17.2 Å². The third kappa shape index (κ3) is 3.48. The van der Waals surface area contributed by atoms with Crippen LogP contribution in [-0.4, -0.2) is 29.3 Å². The molecule has 2 amide bonds. The zero-order chi connectivity index (χ0) is 23.4. The molecule has 0 aromatic heterocycles. The van der Waals surface area contributed by atoms with Crippen molar-refractivity contribution in [2.75, 3.05) is 6.54 Å². The number of benzene rings is 1. The third-order valence-electron chi connectivity index (χ3n) is 10.1. The first-order chi connectivity index (χ1) is 15.8. The van der Waals surface area contributed by atoms with Crippen molar-refractivity contribution in [2.24, 2.45) is 40.2 Å². The quantitative estimate of drug-likeness (QED) is 0.669. The summed E-state index contributed by atoms with van der Waals surface area (Å²) in [5.41, 5.74) is 7.53. The largest absolute Gasteiger partial charge is 0.366 e. The van der Waals surface area contributed by atoms with Gasteiger partial charge in [-0.2, -0.15) is 0 Å². The van der Waals surface area contributed by atoms with Gasteiger partial charge in [0.1, 0.15) is 0 Å². The number of nitrogens with two attached hydrogens (primary N) is 1. The number of nitrogens with zero attached hydrogens (tertiary/aromatic N) is 1. The van der Waals surface area contributed by atoms with Crippen LogP contribution in [0.5, 0.6) is 0 Å². The average Bonchev–Trinajstić information content (AvgIpc) is 3.14. The summed E-state index contributed by atoms with van der Waals surface area (Å²) in [5, 5.41) is 0. The van der Waals surface area contributed by atoms with Crippen LogP contribution in [0.25, 0.3) is 6.08 Å². The van der Waals surface area contributed by atoms with Crippen molar-refractivity contribution in [3.63, 3.8) is 0 Å². The van der Waals surface area contributed by atoms with Gasteiger partial charge in [0.15, 0.2) is 0 Å². The molecule has 3 fully saturated rings. The molecule has 3 aliphatic carbocycles. The zero-order valence-corrected chi connectivity index (χ0v) is 20.3. The Morgan fingerprint density at radius 3 is 2.55 bits per heavy atom. The molecule has 2 N–H and O–H groups in total. The maximum Gasteiger partial charge on any atom is 0.248 e. The summed E-state index contributed by atoms with van der Waals surface area (Å²) in [6.07, 6.45) is 16.3. The van der Waals surface area contributed by atoms with Gasteiger partial charge < -0.3 is 10.6 Å². The number of likely N-dealkylation sites (N-methyl/N-ethyl adjacent to an activating group) is 1. The first-order valence-corrected chi connectivity index (χ1v) is 12.9. The Labute approximate surface area is 198 Å². The molecule has 0 bridgehead atoms. The van der Waals surface area contributed by atoms with E-state index in [9.17, 15) is 9.59 Å². The minimum absolute atomic E-state index is 0.115. The molecule has 176 valence electrons. The predicted octanol–water partition coefficient (Wildman–Crippen LogP) is 5.44. The number of amides is 2. The molecule has 4 nitrogen and oxygen atoms in total.